The van der Waals surface area contributed by atoms with Gasteiger partial charge >= 0.3 is 5.97 Å². The van der Waals surface area contributed by atoms with Crippen LogP contribution in [0.3, 0.4) is 0 Å². The first-order valence-corrected chi connectivity index (χ1v) is 9.82. The molecule has 0 aliphatic rings. The van der Waals surface area contributed by atoms with Gasteiger partial charge in [-0.25, -0.2) is 4.79 Å². The number of esters is 1. The minimum Gasteiger partial charge on any atom is -0.496 e. The molecule has 6 heteroatoms. The summed E-state index contributed by atoms with van der Waals surface area (Å²) in [7, 11) is 2.94. The van der Waals surface area contributed by atoms with Gasteiger partial charge in [0.2, 0.25) is 0 Å². The van der Waals surface area contributed by atoms with Crippen LogP contribution in [0.1, 0.15) is 26.3 Å². The SMILES string of the molecule is COc1cccc(OC)c1C(=O)Oc1cccc(C=CC(=O)c2ccc(Br)cc2)c1. The molecule has 0 saturated heterocycles. The molecule has 0 spiro atoms. The average molecular weight is 467 g/mol. The van der Waals surface area contributed by atoms with E-state index in [1.165, 1.54) is 20.3 Å². The number of ketones is 1. The number of carbonyl (C=O) groups is 2. The first kappa shape index (κ1) is 21.3. The van der Waals surface area contributed by atoms with Crippen LogP contribution in [0.5, 0.6) is 17.2 Å². The van der Waals surface area contributed by atoms with E-state index in [9.17, 15) is 9.59 Å². The van der Waals surface area contributed by atoms with Gasteiger partial charge < -0.3 is 14.2 Å². The summed E-state index contributed by atoms with van der Waals surface area (Å²) in [6.07, 6.45) is 3.15. The van der Waals surface area contributed by atoms with Crippen LogP contribution in [0.15, 0.2) is 77.3 Å². The maximum atomic E-state index is 12.7. The van der Waals surface area contributed by atoms with E-state index in [0.29, 0.717) is 22.8 Å². The molecule has 0 N–H and O–H groups in total. The summed E-state index contributed by atoms with van der Waals surface area (Å²) in [5.74, 6) is 0.331. The molecule has 3 aromatic carbocycles. The topological polar surface area (TPSA) is 61.8 Å². The zero-order valence-corrected chi connectivity index (χ0v) is 18.0. The monoisotopic (exact) mass is 466 g/mol. The molecule has 0 aromatic heterocycles. The van der Waals surface area contributed by atoms with Crippen LogP contribution < -0.4 is 14.2 Å². The van der Waals surface area contributed by atoms with Gasteiger partial charge in [0.1, 0.15) is 22.8 Å². The summed E-state index contributed by atoms with van der Waals surface area (Å²) in [6, 6.07) is 19.0. The fraction of sp³-hybridized carbons (Fsp3) is 0.0833. The Morgan fingerprint density at radius 2 is 1.50 bits per heavy atom. The highest BCUT2D eigenvalue weighted by atomic mass is 79.9. The lowest BCUT2D eigenvalue weighted by molar-refractivity contribution is 0.0727. The van der Waals surface area contributed by atoms with Gasteiger partial charge in [-0.15, -0.1) is 0 Å². The van der Waals surface area contributed by atoms with Crippen molar-refractivity contribution in [2.24, 2.45) is 0 Å². The van der Waals surface area contributed by atoms with Crippen LogP contribution in [0.25, 0.3) is 6.08 Å². The van der Waals surface area contributed by atoms with Crippen molar-refractivity contribution in [3.05, 3.63) is 94.0 Å². The summed E-state index contributed by atoms with van der Waals surface area (Å²) in [6.45, 7) is 0. The molecule has 0 atom stereocenters. The number of allylic oxidation sites excluding steroid dienone is 1. The fourth-order valence-electron chi connectivity index (χ4n) is 2.77. The van der Waals surface area contributed by atoms with E-state index in [1.807, 2.05) is 18.2 Å². The molecule has 0 radical (unpaired) electrons. The Morgan fingerprint density at radius 3 is 2.13 bits per heavy atom. The Kier molecular flexibility index (Phi) is 7.03. The summed E-state index contributed by atoms with van der Waals surface area (Å²) in [4.78, 5) is 25.0. The number of carbonyl (C=O) groups excluding carboxylic acids is 2. The molecule has 0 aliphatic carbocycles. The summed E-state index contributed by atoms with van der Waals surface area (Å²) >= 11 is 3.35. The van der Waals surface area contributed by atoms with Crippen molar-refractivity contribution in [1.82, 2.24) is 0 Å². The molecule has 0 saturated carbocycles. The average Bonchev–Trinajstić information content (AvgIpc) is 2.77. The predicted octanol–water partition coefficient (Wildman–Crippen LogP) is 5.58. The van der Waals surface area contributed by atoms with Crippen LogP contribution in [-0.4, -0.2) is 26.0 Å². The van der Waals surface area contributed by atoms with Crippen LogP contribution in [0.4, 0.5) is 0 Å². The molecule has 152 valence electrons. The van der Waals surface area contributed by atoms with Gasteiger partial charge in [-0.3, -0.25) is 4.79 Å². The smallest absolute Gasteiger partial charge is 0.351 e. The molecule has 0 amide bonds. The maximum absolute atomic E-state index is 12.7. The third kappa shape index (κ3) is 5.15. The normalized spacial score (nSPS) is 10.6. The highest BCUT2D eigenvalue weighted by Gasteiger charge is 2.20. The third-order valence-electron chi connectivity index (χ3n) is 4.26. The number of halogens is 1. The van der Waals surface area contributed by atoms with Gasteiger partial charge in [0.25, 0.3) is 0 Å². The maximum Gasteiger partial charge on any atom is 0.351 e. The van der Waals surface area contributed by atoms with Crippen LogP contribution in [-0.2, 0) is 0 Å². The molecule has 0 aliphatic heterocycles. The lowest BCUT2D eigenvalue weighted by atomic mass is 10.1. The molecule has 3 rings (SSSR count). The van der Waals surface area contributed by atoms with Crippen LogP contribution >= 0.6 is 15.9 Å². The molecule has 0 unspecified atom stereocenters. The molecular formula is C24H19BrO5. The second-order valence-corrected chi connectivity index (χ2v) is 7.12. The minimum absolute atomic E-state index is 0.122. The van der Waals surface area contributed by atoms with E-state index in [0.717, 1.165) is 10.0 Å². The highest BCUT2D eigenvalue weighted by molar-refractivity contribution is 9.10. The molecule has 0 fully saturated rings. The molecule has 30 heavy (non-hydrogen) atoms. The van der Waals surface area contributed by atoms with Gasteiger partial charge in [-0.05, 0) is 60.2 Å². The molecule has 0 heterocycles. The van der Waals surface area contributed by atoms with Crippen molar-refractivity contribution in [2.45, 2.75) is 0 Å². The zero-order valence-electron chi connectivity index (χ0n) is 16.4. The van der Waals surface area contributed by atoms with Crippen LogP contribution in [0, 0.1) is 0 Å². The van der Waals surface area contributed by atoms with Gasteiger partial charge in [-0.2, -0.15) is 0 Å². The Balaban J connectivity index is 1.77. The van der Waals surface area contributed by atoms with Crippen molar-refractivity contribution in [3.63, 3.8) is 0 Å². The molecular weight excluding hydrogens is 448 g/mol. The van der Waals surface area contributed by atoms with Gasteiger partial charge in [-0.1, -0.05) is 40.2 Å². The van der Waals surface area contributed by atoms with E-state index in [4.69, 9.17) is 14.2 Å². The molecule has 3 aromatic rings. The van der Waals surface area contributed by atoms with E-state index >= 15 is 0 Å². The Hall–Kier alpha value is -3.38. The lowest BCUT2D eigenvalue weighted by Gasteiger charge is -2.12. The highest BCUT2D eigenvalue weighted by Crippen LogP contribution is 2.29. The fourth-order valence-corrected chi connectivity index (χ4v) is 3.04. The number of rotatable bonds is 7. The Bertz CT molecular complexity index is 1060. The standard InChI is InChI=1S/C24H19BrO5/c1-28-21-7-4-8-22(29-2)23(21)24(27)30-19-6-3-5-16(15-19)9-14-20(26)17-10-12-18(25)13-11-17/h3-15H,1-2H3. The first-order chi connectivity index (χ1) is 14.5. The van der Waals surface area contributed by atoms with Crippen molar-refractivity contribution in [1.29, 1.82) is 0 Å². The number of hydrogen-bond donors (Lipinski definition) is 0. The van der Waals surface area contributed by atoms with Crippen LogP contribution in [0.2, 0.25) is 0 Å². The Labute approximate surface area is 183 Å². The zero-order chi connectivity index (χ0) is 21.5. The predicted molar refractivity (Wildman–Crippen MR) is 118 cm³/mol. The van der Waals surface area contributed by atoms with Crippen molar-refractivity contribution < 1.29 is 23.8 Å². The van der Waals surface area contributed by atoms with E-state index in [1.54, 1.807) is 54.6 Å². The quantitative estimate of drug-likeness (QED) is 0.197. The van der Waals surface area contributed by atoms with E-state index in [-0.39, 0.29) is 11.3 Å². The minimum atomic E-state index is -0.601. The third-order valence-corrected chi connectivity index (χ3v) is 4.79. The second-order valence-electron chi connectivity index (χ2n) is 6.20. The number of hydrogen-bond acceptors (Lipinski definition) is 5. The van der Waals surface area contributed by atoms with Crippen molar-refractivity contribution >= 4 is 33.8 Å². The number of benzene rings is 3. The molecule has 5 nitrogen and oxygen atoms in total. The van der Waals surface area contributed by atoms with Gasteiger partial charge in [0.05, 0.1) is 14.2 Å². The summed E-state index contributed by atoms with van der Waals surface area (Å²) in [5, 5.41) is 0. The van der Waals surface area contributed by atoms with Gasteiger partial charge in [0, 0.05) is 10.0 Å². The lowest BCUT2D eigenvalue weighted by Crippen LogP contribution is -2.12. The van der Waals surface area contributed by atoms with Crippen molar-refractivity contribution in [3.8, 4) is 17.2 Å². The summed E-state index contributed by atoms with van der Waals surface area (Å²) < 4.78 is 16.9. The largest absolute Gasteiger partial charge is 0.496 e. The molecule has 0 bridgehead atoms. The Morgan fingerprint density at radius 1 is 0.867 bits per heavy atom. The van der Waals surface area contributed by atoms with Crippen molar-refractivity contribution in [2.75, 3.05) is 14.2 Å². The van der Waals surface area contributed by atoms with Gasteiger partial charge in [0.15, 0.2) is 5.78 Å². The number of ether oxygens (including phenoxy) is 3. The van der Waals surface area contributed by atoms with E-state index < -0.39 is 5.97 Å². The summed E-state index contributed by atoms with van der Waals surface area (Å²) in [5.41, 5.74) is 1.51. The number of methoxy groups -OCH3 is 2. The second kappa shape index (κ2) is 9.89. The van der Waals surface area contributed by atoms with E-state index in [2.05, 4.69) is 15.9 Å². The first-order valence-electron chi connectivity index (χ1n) is 9.03.